The van der Waals surface area contributed by atoms with Crippen LogP contribution in [0.1, 0.15) is 46.5 Å². The lowest BCUT2D eigenvalue weighted by molar-refractivity contribution is -0.223. The molecule has 1 saturated carbocycles. The van der Waals surface area contributed by atoms with E-state index < -0.39 is 0 Å². The van der Waals surface area contributed by atoms with Gasteiger partial charge in [-0.15, -0.1) is 0 Å². The van der Waals surface area contributed by atoms with Crippen LogP contribution in [0.15, 0.2) is 12.3 Å². The molecule has 1 aliphatic carbocycles. The van der Waals surface area contributed by atoms with Gasteiger partial charge in [-0.05, 0) is 43.9 Å². The van der Waals surface area contributed by atoms with Gasteiger partial charge in [-0.25, -0.2) is 0 Å². The van der Waals surface area contributed by atoms with Gasteiger partial charge in [-0.1, -0.05) is 26.8 Å². The topological polar surface area (TPSA) is 18.5 Å². The zero-order valence-corrected chi connectivity index (χ0v) is 11.9. The highest BCUT2D eigenvalue weighted by Gasteiger charge is 2.50. The van der Waals surface area contributed by atoms with E-state index in [0.717, 1.165) is 23.5 Å². The predicted molar refractivity (Wildman–Crippen MR) is 71.8 cm³/mol. The molecule has 0 aromatic carbocycles. The summed E-state index contributed by atoms with van der Waals surface area (Å²) >= 11 is 0. The van der Waals surface area contributed by atoms with Crippen molar-refractivity contribution in [2.24, 2.45) is 29.6 Å². The van der Waals surface area contributed by atoms with Crippen molar-refractivity contribution in [3.63, 3.8) is 0 Å². The minimum atomic E-state index is -0.0241. The Balaban J connectivity index is 1.92. The molecule has 2 aliphatic heterocycles. The highest BCUT2D eigenvalue weighted by atomic mass is 16.7. The average Bonchev–Trinajstić information content (AvgIpc) is 2.49. The molecule has 0 amide bonds. The first-order valence-electron chi connectivity index (χ1n) is 7.59. The summed E-state index contributed by atoms with van der Waals surface area (Å²) in [5.74, 6) is 4.38. The molecule has 0 aromatic heterocycles. The summed E-state index contributed by atoms with van der Waals surface area (Å²) in [5.41, 5.74) is 0. The number of rotatable bonds is 0. The molecule has 2 heteroatoms. The van der Waals surface area contributed by atoms with Crippen LogP contribution in [-0.2, 0) is 9.47 Å². The standard InChI is InChI=1S/C16H26O2/c1-9-5-7-14-11(3)12(4)18-16-15(14)13(9)8-6-10(2)17-16/h9-11,13-16H,4-8H2,1-3H3/t9-,10+,11+,13?,14?,15?,16+/m1/s1. The van der Waals surface area contributed by atoms with Crippen LogP contribution in [0.2, 0.25) is 0 Å². The number of allylic oxidation sites excluding steroid dienone is 1. The van der Waals surface area contributed by atoms with Crippen molar-refractivity contribution < 1.29 is 9.47 Å². The van der Waals surface area contributed by atoms with E-state index in [1.54, 1.807) is 0 Å². The number of ether oxygens (including phenoxy) is 2. The molecule has 0 spiro atoms. The van der Waals surface area contributed by atoms with E-state index in [9.17, 15) is 0 Å². The highest BCUT2D eigenvalue weighted by Crippen LogP contribution is 2.52. The molecule has 18 heavy (non-hydrogen) atoms. The van der Waals surface area contributed by atoms with E-state index in [4.69, 9.17) is 9.47 Å². The smallest absolute Gasteiger partial charge is 0.202 e. The summed E-state index contributed by atoms with van der Waals surface area (Å²) in [5, 5.41) is 0. The Hall–Kier alpha value is -0.500. The lowest BCUT2D eigenvalue weighted by atomic mass is 9.61. The minimum Gasteiger partial charge on any atom is -0.469 e. The lowest BCUT2D eigenvalue weighted by Gasteiger charge is -2.50. The van der Waals surface area contributed by atoms with Crippen molar-refractivity contribution in [1.82, 2.24) is 0 Å². The second kappa shape index (κ2) is 4.56. The van der Waals surface area contributed by atoms with E-state index in [1.165, 1.54) is 25.7 Å². The molecule has 0 aromatic rings. The van der Waals surface area contributed by atoms with Crippen LogP contribution in [0.25, 0.3) is 0 Å². The largest absolute Gasteiger partial charge is 0.469 e. The Labute approximate surface area is 111 Å². The van der Waals surface area contributed by atoms with E-state index in [2.05, 4.69) is 27.4 Å². The fraction of sp³-hybridized carbons (Fsp3) is 0.875. The highest BCUT2D eigenvalue weighted by molar-refractivity contribution is 5.04. The van der Waals surface area contributed by atoms with Gasteiger partial charge < -0.3 is 9.47 Å². The molecule has 2 nitrogen and oxygen atoms in total. The van der Waals surface area contributed by atoms with Crippen molar-refractivity contribution in [3.8, 4) is 0 Å². The Morgan fingerprint density at radius 2 is 1.72 bits per heavy atom. The molecule has 0 radical (unpaired) electrons. The van der Waals surface area contributed by atoms with Crippen LogP contribution >= 0.6 is 0 Å². The van der Waals surface area contributed by atoms with Crippen LogP contribution in [0.3, 0.4) is 0 Å². The summed E-state index contributed by atoms with van der Waals surface area (Å²) in [7, 11) is 0. The molecule has 0 N–H and O–H groups in total. The van der Waals surface area contributed by atoms with Crippen LogP contribution in [0, 0.1) is 29.6 Å². The van der Waals surface area contributed by atoms with Crippen LogP contribution in [0.4, 0.5) is 0 Å². The fourth-order valence-corrected chi connectivity index (χ4v) is 4.44. The van der Waals surface area contributed by atoms with Gasteiger partial charge in [0.05, 0.1) is 11.9 Å². The summed E-state index contributed by atoms with van der Waals surface area (Å²) < 4.78 is 12.2. The van der Waals surface area contributed by atoms with E-state index >= 15 is 0 Å². The molecule has 3 aliphatic rings. The van der Waals surface area contributed by atoms with Crippen molar-refractivity contribution in [2.75, 3.05) is 0 Å². The van der Waals surface area contributed by atoms with Gasteiger partial charge in [0.1, 0.15) is 0 Å². The van der Waals surface area contributed by atoms with Crippen LogP contribution in [-0.4, -0.2) is 12.4 Å². The summed E-state index contributed by atoms with van der Waals surface area (Å²) in [6.45, 7) is 11.0. The monoisotopic (exact) mass is 250 g/mol. The van der Waals surface area contributed by atoms with Crippen molar-refractivity contribution in [1.29, 1.82) is 0 Å². The van der Waals surface area contributed by atoms with Gasteiger partial charge in [0, 0.05) is 11.8 Å². The maximum Gasteiger partial charge on any atom is 0.202 e. The third-order valence-electron chi connectivity index (χ3n) is 5.68. The minimum absolute atomic E-state index is 0.0241. The number of hydrogen-bond acceptors (Lipinski definition) is 2. The molecule has 3 rings (SSSR count). The van der Waals surface area contributed by atoms with Gasteiger partial charge in [0.2, 0.25) is 6.29 Å². The van der Waals surface area contributed by atoms with Gasteiger partial charge in [-0.2, -0.15) is 0 Å². The third kappa shape index (κ3) is 1.89. The van der Waals surface area contributed by atoms with E-state index in [-0.39, 0.29) is 6.29 Å². The molecule has 102 valence electrons. The first-order chi connectivity index (χ1) is 8.58. The Morgan fingerprint density at radius 3 is 2.50 bits per heavy atom. The second-order valence-electron chi connectivity index (χ2n) is 6.72. The zero-order valence-electron chi connectivity index (χ0n) is 11.9. The van der Waals surface area contributed by atoms with Crippen LogP contribution in [0.5, 0.6) is 0 Å². The van der Waals surface area contributed by atoms with Crippen molar-refractivity contribution in [2.45, 2.75) is 58.8 Å². The quantitative estimate of drug-likeness (QED) is 0.647. The normalized spacial score (nSPS) is 52.2. The Bertz CT molecular complexity index is 338. The van der Waals surface area contributed by atoms with Crippen molar-refractivity contribution in [3.05, 3.63) is 12.3 Å². The maximum absolute atomic E-state index is 6.14. The zero-order chi connectivity index (χ0) is 12.9. The van der Waals surface area contributed by atoms with Crippen molar-refractivity contribution >= 4 is 0 Å². The van der Waals surface area contributed by atoms with E-state index in [0.29, 0.717) is 17.9 Å². The average molecular weight is 250 g/mol. The van der Waals surface area contributed by atoms with E-state index in [1.807, 2.05) is 0 Å². The van der Waals surface area contributed by atoms with Crippen LogP contribution < -0.4 is 0 Å². The SMILES string of the molecule is C=C1O[C@@H]2O[C@@H](C)CCC3C2C(CC[C@H]3C)[C@H]1C. The molecular formula is C16H26O2. The fourth-order valence-electron chi connectivity index (χ4n) is 4.44. The Morgan fingerprint density at radius 1 is 1.00 bits per heavy atom. The first kappa shape index (κ1) is 12.5. The van der Waals surface area contributed by atoms with Gasteiger partial charge >= 0.3 is 0 Å². The Kier molecular flexibility index (Phi) is 3.17. The molecule has 0 bridgehead atoms. The molecule has 2 heterocycles. The molecule has 3 fully saturated rings. The summed E-state index contributed by atoms with van der Waals surface area (Å²) in [6.07, 6.45) is 5.48. The molecular weight excluding hydrogens is 224 g/mol. The summed E-state index contributed by atoms with van der Waals surface area (Å²) in [4.78, 5) is 0. The first-order valence-corrected chi connectivity index (χ1v) is 7.59. The van der Waals surface area contributed by atoms with Gasteiger partial charge in [0.25, 0.3) is 0 Å². The predicted octanol–water partition coefficient (Wildman–Crippen LogP) is 3.97. The van der Waals surface area contributed by atoms with Gasteiger partial charge in [0.15, 0.2) is 0 Å². The second-order valence-corrected chi connectivity index (χ2v) is 6.72. The molecule has 3 unspecified atom stereocenters. The summed E-state index contributed by atoms with van der Waals surface area (Å²) in [6, 6.07) is 0. The molecule has 7 atom stereocenters. The van der Waals surface area contributed by atoms with Gasteiger partial charge in [-0.3, -0.25) is 0 Å². The molecule has 2 saturated heterocycles. The number of hydrogen-bond donors (Lipinski definition) is 0. The lowest BCUT2D eigenvalue weighted by Crippen LogP contribution is -2.48. The maximum atomic E-state index is 6.14. The third-order valence-corrected chi connectivity index (χ3v) is 5.68.